The fraction of sp³-hybridized carbons (Fsp3) is 0.538. The van der Waals surface area contributed by atoms with Crippen molar-refractivity contribution in [3.05, 3.63) is 23.3 Å². The van der Waals surface area contributed by atoms with Gasteiger partial charge in [-0.3, -0.25) is 0 Å². The number of ether oxygens (including phenoxy) is 3. The zero-order valence-electron chi connectivity index (χ0n) is 11.8. The molecule has 0 saturated carbocycles. The molecule has 20 heavy (non-hydrogen) atoms. The van der Waals surface area contributed by atoms with E-state index in [1.54, 1.807) is 21.0 Å². The average molecular weight is 323 g/mol. The largest absolute Gasteiger partial charge is 0.489 e. The monoisotopic (exact) mass is 322 g/mol. The van der Waals surface area contributed by atoms with Crippen molar-refractivity contribution in [1.29, 1.82) is 0 Å². The van der Waals surface area contributed by atoms with Gasteiger partial charge in [0.1, 0.15) is 17.3 Å². The van der Waals surface area contributed by atoms with E-state index >= 15 is 0 Å². The molecule has 0 aliphatic heterocycles. The van der Waals surface area contributed by atoms with Gasteiger partial charge in [-0.25, -0.2) is 8.42 Å². The summed E-state index contributed by atoms with van der Waals surface area (Å²) in [7, 11) is 3.18. The van der Waals surface area contributed by atoms with Crippen LogP contribution in [0.5, 0.6) is 5.75 Å². The van der Waals surface area contributed by atoms with Crippen molar-refractivity contribution >= 4 is 19.7 Å². The van der Waals surface area contributed by atoms with Gasteiger partial charge in [-0.2, -0.15) is 0 Å². The quantitative estimate of drug-likeness (QED) is 0.543. The zero-order chi connectivity index (χ0) is 15.2. The van der Waals surface area contributed by atoms with Gasteiger partial charge in [-0.05, 0) is 31.0 Å². The highest BCUT2D eigenvalue weighted by atomic mass is 35.7. The molecule has 0 saturated heterocycles. The summed E-state index contributed by atoms with van der Waals surface area (Å²) in [6.45, 7) is 5.14. The third-order valence-corrected chi connectivity index (χ3v) is 3.88. The second-order valence-electron chi connectivity index (χ2n) is 4.30. The second kappa shape index (κ2) is 7.83. The molecular weight excluding hydrogens is 304 g/mol. The molecule has 0 aromatic heterocycles. The van der Waals surface area contributed by atoms with Crippen LogP contribution in [0.3, 0.4) is 0 Å². The number of halogens is 1. The van der Waals surface area contributed by atoms with E-state index in [9.17, 15) is 8.42 Å². The van der Waals surface area contributed by atoms with Crippen LogP contribution in [0.15, 0.2) is 17.0 Å². The van der Waals surface area contributed by atoms with Crippen LogP contribution < -0.4 is 4.74 Å². The van der Waals surface area contributed by atoms with E-state index < -0.39 is 9.05 Å². The Kier molecular flexibility index (Phi) is 6.75. The maximum atomic E-state index is 11.6. The summed E-state index contributed by atoms with van der Waals surface area (Å²) in [6.07, 6.45) is 0. The Hall–Kier alpha value is -0.820. The van der Waals surface area contributed by atoms with Crippen LogP contribution >= 0.6 is 10.7 Å². The van der Waals surface area contributed by atoms with Crippen LogP contribution in [-0.4, -0.2) is 42.0 Å². The molecule has 0 atom stereocenters. The molecule has 0 fully saturated rings. The number of hydrogen-bond donors (Lipinski definition) is 0. The van der Waals surface area contributed by atoms with Crippen LogP contribution in [-0.2, 0) is 18.5 Å². The van der Waals surface area contributed by atoms with Crippen molar-refractivity contribution in [3.63, 3.8) is 0 Å². The molecule has 0 heterocycles. The van der Waals surface area contributed by atoms with Crippen LogP contribution in [0.25, 0.3) is 0 Å². The highest BCUT2D eigenvalue weighted by Gasteiger charge is 2.19. The Labute approximate surface area is 124 Å². The van der Waals surface area contributed by atoms with Crippen molar-refractivity contribution in [2.45, 2.75) is 18.7 Å². The molecule has 0 bridgehead atoms. The Morgan fingerprint density at radius 1 is 1.10 bits per heavy atom. The Balaban J connectivity index is 2.74. The van der Waals surface area contributed by atoms with E-state index in [4.69, 9.17) is 24.9 Å². The number of aryl methyl sites for hydroxylation is 2. The lowest BCUT2D eigenvalue weighted by Gasteiger charge is -2.13. The lowest BCUT2D eigenvalue weighted by molar-refractivity contribution is 0.0538. The minimum Gasteiger partial charge on any atom is -0.489 e. The Morgan fingerprint density at radius 3 is 2.35 bits per heavy atom. The third kappa shape index (κ3) is 5.28. The SMILES string of the molecule is COCCOCCOc1c(C)cc(C)cc1S(=O)(=O)Cl. The standard InChI is InChI=1S/C13H19ClO5S/c1-10-8-11(2)13(12(9-10)20(14,15)16)19-7-6-18-5-4-17-3/h8-9H,4-7H2,1-3H3. The Morgan fingerprint density at radius 2 is 1.75 bits per heavy atom. The highest BCUT2D eigenvalue weighted by Crippen LogP contribution is 2.31. The summed E-state index contributed by atoms with van der Waals surface area (Å²) in [6, 6.07) is 3.34. The van der Waals surface area contributed by atoms with E-state index in [1.807, 2.05) is 6.07 Å². The number of methoxy groups -OCH3 is 1. The van der Waals surface area contributed by atoms with Crippen LogP contribution in [0.4, 0.5) is 0 Å². The summed E-state index contributed by atoms with van der Waals surface area (Å²) in [4.78, 5) is -0.00596. The lowest BCUT2D eigenvalue weighted by atomic mass is 10.1. The second-order valence-corrected chi connectivity index (χ2v) is 6.83. The predicted molar refractivity (Wildman–Crippen MR) is 77.1 cm³/mol. The fourth-order valence-corrected chi connectivity index (χ4v) is 2.84. The molecule has 1 rings (SSSR count). The van der Waals surface area contributed by atoms with Gasteiger partial charge in [0.25, 0.3) is 9.05 Å². The molecule has 0 radical (unpaired) electrons. The van der Waals surface area contributed by atoms with E-state index in [1.165, 1.54) is 6.07 Å². The van der Waals surface area contributed by atoms with Crippen LogP contribution in [0, 0.1) is 13.8 Å². The molecule has 0 spiro atoms. The maximum Gasteiger partial charge on any atom is 0.265 e. The molecule has 1 aromatic carbocycles. The smallest absolute Gasteiger partial charge is 0.265 e. The van der Waals surface area contributed by atoms with E-state index in [0.29, 0.717) is 19.8 Å². The first kappa shape index (κ1) is 17.2. The first-order chi connectivity index (χ1) is 9.36. The van der Waals surface area contributed by atoms with Gasteiger partial charge in [0, 0.05) is 17.8 Å². The minimum atomic E-state index is -3.84. The molecule has 5 nitrogen and oxygen atoms in total. The number of hydrogen-bond acceptors (Lipinski definition) is 5. The van der Waals surface area contributed by atoms with Gasteiger partial charge in [-0.15, -0.1) is 0 Å². The molecule has 0 amide bonds. The maximum absolute atomic E-state index is 11.6. The van der Waals surface area contributed by atoms with E-state index in [-0.39, 0.29) is 17.3 Å². The molecule has 1 aromatic rings. The minimum absolute atomic E-state index is 0.00596. The molecular formula is C13H19ClO5S. The lowest BCUT2D eigenvalue weighted by Crippen LogP contribution is -2.12. The summed E-state index contributed by atoms with van der Waals surface area (Å²) >= 11 is 0. The van der Waals surface area contributed by atoms with E-state index in [0.717, 1.165) is 11.1 Å². The predicted octanol–water partition coefficient (Wildman–Crippen LogP) is 2.27. The van der Waals surface area contributed by atoms with Crippen molar-refractivity contribution in [3.8, 4) is 5.75 Å². The highest BCUT2D eigenvalue weighted by molar-refractivity contribution is 8.13. The number of benzene rings is 1. The fourth-order valence-electron chi connectivity index (χ4n) is 1.73. The van der Waals surface area contributed by atoms with Crippen molar-refractivity contribution in [1.82, 2.24) is 0 Å². The van der Waals surface area contributed by atoms with Gasteiger partial charge < -0.3 is 14.2 Å². The van der Waals surface area contributed by atoms with Gasteiger partial charge in [0.15, 0.2) is 0 Å². The van der Waals surface area contributed by atoms with Crippen LogP contribution in [0.1, 0.15) is 11.1 Å². The van der Waals surface area contributed by atoms with Crippen molar-refractivity contribution in [2.75, 3.05) is 33.5 Å². The van der Waals surface area contributed by atoms with Crippen LogP contribution in [0.2, 0.25) is 0 Å². The normalized spacial score (nSPS) is 11.6. The molecule has 0 unspecified atom stereocenters. The van der Waals surface area contributed by atoms with Gasteiger partial charge in [0.2, 0.25) is 0 Å². The molecule has 7 heteroatoms. The summed E-state index contributed by atoms with van der Waals surface area (Å²) < 4.78 is 38.7. The average Bonchev–Trinajstić information content (AvgIpc) is 2.34. The zero-order valence-corrected chi connectivity index (χ0v) is 13.4. The van der Waals surface area contributed by atoms with E-state index in [2.05, 4.69) is 0 Å². The molecule has 114 valence electrons. The van der Waals surface area contributed by atoms with Gasteiger partial charge in [-0.1, -0.05) is 6.07 Å². The molecule has 0 aliphatic rings. The molecule has 0 aliphatic carbocycles. The summed E-state index contributed by atoms with van der Waals surface area (Å²) in [5.41, 5.74) is 1.53. The Bertz CT molecular complexity index is 542. The number of rotatable bonds is 8. The first-order valence-corrected chi connectivity index (χ1v) is 8.42. The topological polar surface area (TPSA) is 61.8 Å². The van der Waals surface area contributed by atoms with Gasteiger partial charge in [0.05, 0.1) is 19.8 Å². The van der Waals surface area contributed by atoms with Crippen molar-refractivity contribution in [2.24, 2.45) is 0 Å². The molecule has 0 N–H and O–H groups in total. The van der Waals surface area contributed by atoms with Gasteiger partial charge >= 0.3 is 0 Å². The first-order valence-electron chi connectivity index (χ1n) is 6.11. The third-order valence-electron chi connectivity index (χ3n) is 2.55. The summed E-state index contributed by atoms with van der Waals surface area (Å²) in [5, 5.41) is 0. The van der Waals surface area contributed by atoms with Crippen molar-refractivity contribution < 1.29 is 22.6 Å². The summed E-state index contributed by atoms with van der Waals surface area (Å²) in [5.74, 6) is 0.279.